The van der Waals surface area contributed by atoms with Gasteiger partial charge in [-0.3, -0.25) is 14.9 Å². The van der Waals surface area contributed by atoms with Gasteiger partial charge in [-0.05, 0) is 28.8 Å². The van der Waals surface area contributed by atoms with Gasteiger partial charge < -0.3 is 49.5 Å². The standard InChI is InChI=1S/C18H20BNO6.C11H16BNO4.C2H4O2.CH4/c21-19-18-15(17(26-19)12-20(22)23)8-4-9-16(18)25-11-5-10-24-13-14-6-2-1-3-7-14;13-7-10-8-3-1-4-9(16-6-2-5-14)11(8)12(15)17-10;1-2(3)4;/h1-4,6-9,17,21H,5,10-13H2;1,3-4,10,14-15H,2,5-7,13H2;1H3,(H,3,4);1H4. The Kier molecular flexibility index (Phi) is 17.6. The van der Waals surface area contributed by atoms with Gasteiger partial charge in [0.15, 0.2) is 0 Å². The molecule has 0 aliphatic carbocycles. The van der Waals surface area contributed by atoms with Crippen LogP contribution >= 0.6 is 0 Å². The molecule has 16 heteroatoms. The molecule has 48 heavy (non-hydrogen) atoms. The molecule has 0 saturated carbocycles. The first-order valence-electron chi connectivity index (χ1n) is 15.1. The van der Waals surface area contributed by atoms with Crippen LogP contribution in [-0.4, -0.2) is 84.9 Å². The Hall–Kier alpha value is -4.02. The number of benzene rings is 3. The van der Waals surface area contributed by atoms with Gasteiger partial charge in [0.1, 0.15) is 17.6 Å². The van der Waals surface area contributed by atoms with E-state index in [4.69, 9.17) is 44.3 Å². The summed E-state index contributed by atoms with van der Waals surface area (Å²) in [6, 6.07) is 20.6. The lowest BCUT2D eigenvalue weighted by Crippen LogP contribution is -2.30. The molecule has 3 aromatic carbocycles. The van der Waals surface area contributed by atoms with Crippen LogP contribution in [0.3, 0.4) is 0 Å². The summed E-state index contributed by atoms with van der Waals surface area (Å²) in [5.41, 5.74) is 9.30. The number of rotatable bonds is 14. The lowest BCUT2D eigenvalue weighted by Gasteiger charge is -2.11. The molecule has 0 saturated heterocycles. The van der Waals surface area contributed by atoms with Crippen LogP contribution in [0.2, 0.25) is 0 Å². The van der Waals surface area contributed by atoms with E-state index in [9.17, 15) is 20.2 Å². The topological polar surface area (TPSA) is 213 Å². The molecule has 0 amide bonds. The second kappa shape index (κ2) is 21.1. The summed E-state index contributed by atoms with van der Waals surface area (Å²) in [5.74, 6) is 0.253. The van der Waals surface area contributed by atoms with E-state index in [1.54, 1.807) is 24.3 Å². The van der Waals surface area contributed by atoms with Crippen LogP contribution in [0.25, 0.3) is 0 Å². The van der Waals surface area contributed by atoms with Gasteiger partial charge in [-0.25, -0.2) is 0 Å². The molecule has 14 nitrogen and oxygen atoms in total. The number of carboxylic acid groups (broad SMARTS) is 1. The predicted octanol–water partition coefficient (Wildman–Crippen LogP) is 1.60. The van der Waals surface area contributed by atoms with Crippen LogP contribution in [0.5, 0.6) is 11.5 Å². The Morgan fingerprint density at radius 2 is 1.40 bits per heavy atom. The smallest absolute Gasteiger partial charge is 0.494 e. The first-order chi connectivity index (χ1) is 22.7. The maximum atomic E-state index is 10.7. The minimum absolute atomic E-state index is 0. The quantitative estimate of drug-likeness (QED) is 0.0715. The van der Waals surface area contributed by atoms with Gasteiger partial charge in [-0.1, -0.05) is 62.0 Å². The van der Waals surface area contributed by atoms with E-state index in [0.29, 0.717) is 73.8 Å². The zero-order chi connectivity index (χ0) is 34.2. The number of carboxylic acids is 1. The maximum Gasteiger partial charge on any atom is 0.496 e. The number of nitro groups is 1. The van der Waals surface area contributed by atoms with Crippen LogP contribution in [0.4, 0.5) is 0 Å². The highest BCUT2D eigenvalue weighted by Gasteiger charge is 2.40. The highest BCUT2D eigenvalue weighted by atomic mass is 16.6. The Bertz CT molecular complexity index is 1420. The fourth-order valence-electron chi connectivity index (χ4n) is 4.87. The van der Waals surface area contributed by atoms with Gasteiger partial charge >= 0.3 is 14.2 Å². The van der Waals surface area contributed by atoms with Crippen LogP contribution in [0.15, 0.2) is 66.7 Å². The highest BCUT2D eigenvalue weighted by Crippen LogP contribution is 2.28. The molecule has 260 valence electrons. The average Bonchev–Trinajstić information content (AvgIpc) is 3.55. The van der Waals surface area contributed by atoms with Crippen molar-refractivity contribution in [3.05, 3.63) is 93.5 Å². The fraction of sp³-hybridized carbons (Fsp3) is 0.406. The molecule has 2 atom stereocenters. The third kappa shape index (κ3) is 12.2. The first kappa shape index (κ1) is 40.2. The number of carbonyl (C=O) groups is 1. The lowest BCUT2D eigenvalue weighted by molar-refractivity contribution is -0.490. The molecule has 0 aromatic heterocycles. The molecule has 2 aliphatic rings. The van der Waals surface area contributed by atoms with E-state index < -0.39 is 31.2 Å². The minimum atomic E-state index is -1.21. The number of fused-ring (bicyclic) bond motifs is 2. The Morgan fingerprint density at radius 3 is 1.92 bits per heavy atom. The van der Waals surface area contributed by atoms with Crippen molar-refractivity contribution in [2.75, 3.05) is 39.5 Å². The Morgan fingerprint density at radius 1 is 0.875 bits per heavy atom. The Balaban J connectivity index is 0.000000314. The number of aliphatic hydroxyl groups is 1. The molecule has 0 radical (unpaired) electrons. The number of nitrogens with zero attached hydrogens (tertiary/aromatic N) is 1. The molecule has 2 aliphatic heterocycles. The summed E-state index contributed by atoms with van der Waals surface area (Å²) in [6.07, 6.45) is 0.210. The van der Waals surface area contributed by atoms with Gasteiger partial charge in [0.05, 0.1) is 32.5 Å². The summed E-state index contributed by atoms with van der Waals surface area (Å²) >= 11 is 0. The van der Waals surface area contributed by atoms with E-state index in [-0.39, 0.29) is 26.7 Å². The fourth-order valence-corrected chi connectivity index (χ4v) is 4.87. The van der Waals surface area contributed by atoms with Crippen molar-refractivity contribution in [1.82, 2.24) is 0 Å². The van der Waals surface area contributed by atoms with Crippen molar-refractivity contribution in [1.29, 1.82) is 0 Å². The molecule has 0 bridgehead atoms. The molecular formula is C32H44B2N2O12. The summed E-state index contributed by atoms with van der Waals surface area (Å²) < 4.78 is 27.5. The second-order valence-electron chi connectivity index (χ2n) is 10.4. The predicted molar refractivity (Wildman–Crippen MR) is 180 cm³/mol. The second-order valence-corrected chi connectivity index (χ2v) is 10.4. The normalized spacial score (nSPS) is 15.5. The first-order valence-corrected chi connectivity index (χ1v) is 15.1. The van der Waals surface area contributed by atoms with Crippen molar-refractivity contribution in [3.8, 4) is 11.5 Å². The minimum Gasteiger partial charge on any atom is -0.494 e. The van der Waals surface area contributed by atoms with E-state index in [1.807, 2.05) is 42.5 Å². The van der Waals surface area contributed by atoms with Crippen molar-refractivity contribution in [2.24, 2.45) is 5.73 Å². The van der Waals surface area contributed by atoms with E-state index in [1.165, 1.54) is 0 Å². The van der Waals surface area contributed by atoms with Gasteiger partial charge in [-0.15, -0.1) is 0 Å². The van der Waals surface area contributed by atoms with E-state index >= 15 is 0 Å². The van der Waals surface area contributed by atoms with Gasteiger partial charge in [0.25, 0.3) is 5.97 Å². The zero-order valence-electron chi connectivity index (χ0n) is 26.1. The average molecular weight is 670 g/mol. The third-order valence-electron chi connectivity index (χ3n) is 6.86. The van der Waals surface area contributed by atoms with Gasteiger partial charge in [0, 0.05) is 48.8 Å². The maximum absolute atomic E-state index is 10.7. The number of ether oxygens (including phenoxy) is 3. The summed E-state index contributed by atoms with van der Waals surface area (Å²) in [6.45, 7) is 3.03. The molecule has 5 rings (SSSR count). The number of hydrogen-bond acceptors (Lipinski definition) is 12. The monoisotopic (exact) mass is 670 g/mol. The van der Waals surface area contributed by atoms with Gasteiger partial charge in [-0.2, -0.15) is 0 Å². The van der Waals surface area contributed by atoms with Crippen molar-refractivity contribution in [2.45, 2.75) is 46.0 Å². The van der Waals surface area contributed by atoms with Crippen LogP contribution in [0.1, 0.15) is 56.1 Å². The summed E-state index contributed by atoms with van der Waals surface area (Å²) in [4.78, 5) is 19.3. The number of aliphatic hydroxyl groups excluding tert-OH is 1. The molecule has 2 unspecified atom stereocenters. The SMILES string of the molecule is C.CC(=O)O.NCC1OB(O)c2c(OCCCO)cccc21.O=[N+]([O-])CC1OB(O)c2c(OCCCOCc3ccccc3)cccc21. The van der Waals surface area contributed by atoms with Crippen molar-refractivity contribution < 1.29 is 53.5 Å². The highest BCUT2D eigenvalue weighted by molar-refractivity contribution is 6.63. The van der Waals surface area contributed by atoms with Crippen LogP contribution in [0, 0.1) is 10.1 Å². The summed E-state index contributed by atoms with van der Waals surface area (Å²) in [7, 11) is -2.19. The largest absolute Gasteiger partial charge is 0.496 e. The number of nitrogens with two attached hydrogens (primary N) is 1. The van der Waals surface area contributed by atoms with Crippen LogP contribution in [-0.2, 0) is 25.4 Å². The number of aliphatic carboxylic acids is 1. The molecular weight excluding hydrogens is 626 g/mol. The Labute approximate surface area is 280 Å². The number of hydrogen-bond donors (Lipinski definition) is 5. The summed E-state index contributed by atoms with van der Waals surface area (Å²) in [5, 5.41) is 46.7. The molecule has 0 fully saturated rings. The van der Waals surface area contributed by atoms with E-state index in [2.05, 4.69) is 0 Å². The van der Waals surface area contributed by atoms with Crippen molar-refractivity contribution >= 4 is 31.1 Å². The lowest BCUT2D eigenvalue weighted by atomic mass is 9.78. The molecule has 2 heterocycles. The van der Waals surface area contributed by atoms with Gasteiger partial charge in [0.2, 0.25) is 6.54 Å². The van der Waals surface area contributed by atoms with Crippen molar-refractivity contribution in [3.63, 3.8) is 0 Å². The zero-order valence-corrected chi connectivity index (χ0v) is 26.1. The molecule has 3 aromatic rings. The molecule has 6 N–H and O–H groups in total. The molecule has 0 spiro atoms. The van der Waals surface area contributed by atoms with Crippen LogP contribution < -0.4 is 26.1 Å². The third-order valence-corrected chi connectivity index (χ3v) is 6.86. The van der Waals surface area contributed by atoms with E-state index in [0.717, 1.165) is 18.1 Å².